The largest absolute Gasteiger partial charge is 0.399 e. The Kier molecular flexibility index (Phi) is 5.02. The third-order valence-electron chi connectivity index (χ3n) is 3.46. The molecule has 0 unspecified atom stereocenters. The van der Waals surface area contributed by atoms with E-state index < -0.39 is 0 Å². The minimum Gasteiger partial charge on any atom is -0.399 e. The Morgan fingerprint density at radius 1 is 1.24 bits per heavy atom. The number of amides is 1. The van der Waals surface area contributed by atoms with Crippen molar-refractivity contribution in [1.29, 1.82) is 0 Å². The molecule has 0 heterocycles. The van der Waals surface area contributed by atoms with Crippen LogP contribution >= 0.6 is 15.9 Å². The van der Waals surface area contributed by atoms with Crippen molar-refractivity contribution in [2.75, 3.05) is 12.3 Å². The van der Waals surface area contributed by atoms with Gasteiger partial charge in [0.2, 0.25) is 0 Å². The van der Waals surface area contributed by atoms with Gasteiger partial charge in [-0.3, -0.25) is 4.79 Å². The van der Waals surface area contributed by atoms with Crippen LogP contribution < -0.4 is 5.73 Å². The van der Waals surface area contributed by atoms with E-state index in [9.17, 15) is 4.79 Å². The number of aryl methyl sites for hydroxylation is 1. The first-order chi connectivity index (χ1) is 10.0. The maximum atomic E-state index is 12.6. The van der Waals surface area contributed by atoms with E-state index in [0.29, 0.717) is 24.3 Å². The van der Waals surface area contributed by atoms with E-state index in [4.69, 9.17) is 5.73 Å². The molecule has 2 aromatic rings. The number of benzene rings is 2. The van der Waals surface area contributed by atoms with Gasteiger partial charge in [-0.25, -0.2) is 0 Å². The Morgan fingerprint density at radius 2 is 1.95 bits per heavy atom. The van der Waals surface area contributed by atoms with Crippen LogP contribution in [0.3, 0.4) is 0 Å². The normalized spacial score (nSPS) is 10.4. The Bertz CT molecular complexity index is 635. The van der Waals surface area contributed by atoms with Crippen LogP contribution in [0.1, 0.15) is 28.4 Å². The zero-order valence-electron chi connectivity index (χ0n) is 12.3. The fourth-order valence-corrected chi connectivity index (χ4v) is 2.75. The van der Waals surface area contributed by atoms with Crippen molar-refractivity contribution >= 4 is 27.5 Å². The molecule has 0 atom stereocenters. The predicted octanol–water partition coefficient (Wildman–Crippen LogP) is 4.00. The molecule has 0 spiro atoms. The summed E-state index contributed by atoms with van der Waals surface area (Å²) in [5.41, 5.74) is 9.36. The lowest BCUT2D eigenvalue weighted by molar-refractivity contribution is 0.0752. The Labute approximate surface area is 133 Å². The van der Waals surface area contributed by atoms with E-state index in [1.165, 1.54) is 5.56 Å². The second-order valence-corrected chi connectivity index (χ2v) is 5.93. The fraction of sp³-hybridized carbons (Fsp3) is 0.235. The Balaban J connectivity index is 2.24. The molecule has 0 bridgehead atoms. The summed E-state index contributed by atoms with van der Waals surface area (Å²) < 4.78 is 0.817. The van der Waals surface area contributed by atoms with Crippen molar-refractivity contribution in [1.82, 2.24) is 4.90 Å². The molecular weight excluding hydrogens is 328 g/mol. The predicted molar refractivity (Wildman–Crippen MR) is 90.1 cm³/mol. The number of carbonyl (C=O) groups excluding carboxylic acids is 1. The highest BCUT2D eigenvalue weighted by molar-refractivity contribution is 9.10. The van der Waals surface area contributed by atoms with Gasteiger partial charge in [-0.15, -0.1) is 0 Å². The standard InChI is InChI=1S/C17H19BrN2O/c1-3-20(11-13-7-5-4-6-12(13)2)17(21)14-8-15(18)10-16(19)9-14/h4-10H,3,11,19H2,1-2H3. The lowest BCUT2D eigenvalue weighted by Crippen LogP contribution is -2.30. The first-order valence-electron chi connectivity index (χ1n) is 6.91. The number of anilines is 1. The van der Waals surface area contributed by atoms with E-state index >= 15 is 0 Å². The molecule has 0 aliphatic heterocycles. The third-order valence-corrected chi connectivity index (χ3v) is 3.92. The molecule has 0 aromatic heterocycles. The molecule has 0 aliphatic rings. The van der Waals surface area contributed by atoms with Crippen molar-refractivity contribution < 1.29 is 4.79 Å². The minimum absolute atomic E-state index is 0.00578. The maximum Gasteiger partial charge on any atom is 0.254 e. The molecule has 0 radical (unpaired) electrons. The number of hydrogen-bond donors (Lipinski definition) is 1. The smallest absolute Gasteiger partial charge is 0.254 e. The van der Waals surface area contributed by atoms with Gasteiger partial charge in [0.15, 0.2) is 0 Å². The van der Waals surface area contributed by atoms with Crippen LogP contribution in [0.5, 0.6) is 0 Å². The number of hydrogen-bond acceptors (Lipinski definition) is 2. The number of nitrogens with zero attached hydrogens (tertiary/aromatic N) is 1. The summed E-state index contributed by atoms with van der Waals surface area (Å²) in [7, 11) is 0. The second-order valence-electron chi connectivity index (χ2n) is 5.02. The number of nitrogen functional groups attached to an aromatic ring is 1. The van der Waals surface area contributed by atoms with Crippen molar-refractivity contribution in [2.24, 2.45) is 0 Å². The average molecular weight is 347 g/mol. The van der Waals surface area contributed by atoms with Gasteiger partial charge >= 0.3 is 0 Å². The molecule has 2 N–H and O–H groups in total. The van der Waals surface area contributed by atoms with Crippen LogP contribution in [0.25, 0.3) is 0 Å². The van der Waals surface area contributed by atoms with Crippen LogP contribution in [0, 0.1) is 6.92 Å². The summed E-state index contributed by atoms with van der Waals surface area (Å²) in [5.74, 6) is -0.00578. The highest BCUT2D eigenvalue weighted by Crippen LogP contribution is 2.20. The summed E-state index contributed by atoms with van der Waals surface area (Å²) in [6.07, 6.45) is 0. The van der Waals surface area contributed by atoms with Gasteiger partial charge in [-0.2, -0.15) is 0 Å². The van der Waals surface area contributed by atoms with Gasteiger partial charge in [-0.1, -0.05) is 40.2 Å². The molecule has 0 aliphatic carbocycles. The van der Waals surface area contributed by atoms with Gasteiger partial charge in [-0.05, 0) is 43.2 Å². The summed E-state index contributed by atoms with van der Waals surface area (Å²) in [4.78, 5) is 14.5. The highest BCUT2D eigenvalue weighted by Gasteiger charge is 2.16. The van der Waals surface area contributed by atoms with Gasteiger partial charge in [0, 0.05) is 28.8 Å². The number of carbonyl (C=O) groups is 1. The number of halogens is 1. The molecule has 110 valence electrons. The van der Waals surface area contributed by atoms with Gasteiger partial charge < -0.3 is 10.6 Å². The van der Waals surface area contributed by atoms with E-state index in [-0.39, 0.29) is 5.91 Å². The first-order valence-corrected chi connectivity index (χ1v) is 7.70. The van der Waals surface area contributed by atoms with E-state index in [0.717, 1.165) is 10.0 Å². The van der Waals surface area contributed by atoms with Crippen molar-refractivity contribution in [2.45, 2.75) is 20.4 Å². The van der Waals surface area contributed by atoms with Crippen LogP contribution in [0.4, 0.5) is 5.69 Å². The van der Waals surface area contributed by atoms with Crippen molar-refractivity contribution in [3.8, 4) is 0 Å². The molecule has 0 saturated heterocycles. The molecule has 1 amide bonds. The zero-order valence-corrected chi connectivity index (χ0v) is 13.9. The average Bonchev–Trinajstić information content (AvgIpc) is 2.44. The fourth-order valence-electron chi connectivity index (χ4n) is 2.24. The van der Waals surface area contributed by atoms with Gasteiger partial charge in [0.25, 0.3) is 5.91 Å². The Morgan fingerprint density at radius 3 is 2.57 bits per heavy atom. The van der Waals surface area contributed by atoms with E-state index in [2.05, 4.69) is 35.0 Å². The first kappa shape index (κ1) is 15.6. The summed E-state index contributed by atoms with van der Waals surface area (Å²) in [5, 5.41) is 0. The lowest BCUT2D eigenvalue weighted by Gasteiger charge is -2.22. The van der Waals surface area contributed by atoms with Crippen LogP contribution in [0.2, 0.25) is 0 Å². The van der Waals surface area contributed by atoms with Crippen LogP contribution in [-0.2, 0) is 6.54 Å². The minimum atomic E-state index is -0.00578. The molecule has 3 nitrogen and oxygen atoms in total. The van der Waals surface area contributed by atoms with Crippen LogP contribution in [-0.4, -0.2) is 17.4 Å². The lowest BCUT2D eigenvalue weighted by atomic mass is 10.1. The van der Waals surface area contributed by atoms with Gasteiger partial charge in [0.1, 0.15) is 0 Å². The van der Waals surface area contributed by atoms with E-state index in [1.54, 1.807) is 18.2 Å². The van der Waals surface area contributed by atoms with E-state index in [1.807, 2.05) is 24.0 Å². The summed E-state index contributed by atoms with van der Waals surface area (Å²) >= 11 is 3.38. The zero-order chi connectivity index (χ0) is 15.4. The second kappa shape index (κ2) is 6.76. The monoisotopic (exact) mass is 346 g/mol. The topological polar surface area (TPSA) is 46.3 Å². The molecule has 2 rings (SSSR count). The third kappa shape index (κ3) is 3.85. The summed E-state index contributed by atoms with van der Waals surface area (Å²) in [6, 6.07) is 13.4. The van der Waals surface area contributed by atoms with Crippen LogP contribution in [0.15, 0.2) is 46.9 Å². The molecule has 0 saturated carbocycles. The SMILES string of the molecule is CCN(Cc1ccccc1C)C(=O)c1cc(N)cc(Br)c1. The summed E-state index contributed by atoms with van der Waals surface area (Å²) in [6.45, 7) is 5.30. The number of nitrogens with two attached hydrogens (primary N) is 1. The molecule has 0 fully saturated rings. The van der Waals surface area contributed by atoms with Gasteiger partial charge in [0.05, 0.1) is 0 Å². The van der Waals surface area contributed by atoms with Crippen molar-refractivity contribution in [3.05, 3.63) is 63.6 Å². The molecule has 2 aromatic carbocycles. The maximum absolute atomic E-state index is 12.6. The Hall–Kier alpha value is -1.81. The molecule has 4 heteroatoms. The highest BCUT2D eigenvalue weighted by atomic mass is 79.9. The molecular formula is C17H19BrN2O. The quantitative estimate of drug-likeness (QED) is 0.850. The van der Waals surface area contributed by atoms with Crippen molar-refractivity contribution in [3.63, 3.8) is 0 Å². The molecule has 21 heavy (non-hydrogen) atoms. The number of rotatable bonds is 4.